The molecule has 0 saturated carbocycles. The molecule has 2 N–H and O–H groups in total. The number of nitrogens with zero attached hydrogens (tertiary/aromatic N) is 2. The average molecular weight is 245 g/mol. The van der Waals surface area contributed by atoms with Crippen LogP contribution in [-0.2, 0) is 17.9 Å². The van der Waals surface area contributed by atoms with Crippen LogP contribution in [0.5, 0.6) is 0 Å². The molecule has 1 rings (SSSR count). The first-order valence-corrected chi connectivity index (χ1v) is 6.03. The van der Waals surface area contributed by atoms with Gasteiger partial charge in [-0.05, 0) is 25.1 Å². The van der Waals surface area contributed by atoms with Crippen LogP contribution in [0.4, 0.5) is 0 Å². The lowest BCUT2D eigenvalue weighted by atomic mass is 10.3. The van der Waals surface area contributed by atoms with E-state index in [1.54, 1.807) is 4.57 Å². The molecular formula is C10H19N3O2S. The number of unbranched alkanes of at least 4 members (excludes halogenated alkanes) is 1. The molecule has 16 heavy (non-hydrogen) atoms. The van der Waals surface area contributed by atoms with Crippen molar-refractivity contribution in [3.63, 3.8) is 0 Å². The molecule has 6 heteroatoms. The number of aliphatic hydroxyl groups is 1. The minimum absolute atomic E-state index is 0.0934. The largest absolute Gasteiger partial charge is 0.388 e. The van der Waals surface area contributed by atoms with Crippen LogP contribution >= 0.6 is 12.2 Å². The first kappa shape index (κ1) is 13.3. The molecule has 0 unspecified atom stereocenters. The smallest absolute Gasteiger partial charge is 0.195 e. The van der Waals surface area contributed by atoms with Gasteiger partial charge in [0.05, 0.1) is 0 Å². The van der Waals surface area contributed by atoms with Crippen LogP contribution in [0.15, 0.2) is 0 Å². The maximum Gasteiger partial charge on any atom is 0.195 e. The summed E-state index contributed by atoms with van der Waals surface area (Å²) >= 11 is 5.05. The Morgan fingerprint density at radius 1 is 1.44 bits per heavy atom. The molecule has 0 atom stereocenters. The fraction of sp³-hybridized carbons (Fsp3) is 0.800. The Bertz CT molecular complexity index is 348. The number of aliphatic hydroxyl groups excluding tert-OH is 1. The Balaban J connectivity index is 2.26. The number of aromatic amines is 1. The Kier molecular flexibility index (Phi) is 6.29. The van der Waals surface area contributed by atoms with E-state index in [0.717, 1.165) is 39.0 Å². The molecule has 5 nitrogen and oxygen atoms in total. The molecule has 1 aromatic heterocycles. The second-order valence-electron chi connectivity index (χ2n) is 3.57. The molecule has 0 aliphatic heterocycles. The molecule has 0 fully saturated rings. The van der Waals surface area contributed by atoms with E-state index >= 15 is 0 Å². The summed E-state index contributed by atoms with van der Waals surface area (Å²) < 4.78 is 7.80. The summed E-state index contributed by atoms with van der Waals surface area (Å²) in [7, 11) is 0. The van der Waals surface area contributed by atoms with E-state index in [-0.39, 0.29) is 6.61 Å². The van der Waals surface area contributed by atoms with Gasteiger partial charge in [-0.25, -0.2) is 0 Å². The summed E-state index contributed by atoms with van der Waals surface area (Å²) in [5, 5.41) is 15.6. The quantitative estimate of drug-likeness (QED) is 0.540. The van der Waals surface area contributed by atoms with Gasteiger partial charge in [0.2, 0.25) is 0 Å². The number of nitrogens with one attached hydrogen (secondary N) is 1. The predicted octanol–water partition coefficient (Wildman–Crippen LogP) is 1.64. The predicted molar refractivity (Wildman–Crippen MR) is 63.7 cm³/mol. The first-order valence-electron chi connectivity index (χ1n) is 5.62. The van der Waals surface area contributed by atoms with E-state index in [4.69, 9.17) is 22.1 Å². The highest BCUT2D eigenvalue weighted by atomic mass is 32.1. The second kappa shape index (κ2) is 7.54. The summed E-state index contributed by atoms with van der Waals surface area (Å²) in [5.41, 5.74) is 0. The van der Waals surface area contributed by atoms with Gasteiger partial charge in [-0.1, -0.05) is 13.3 Å². The van der Waals surface area contributed by atoms with Crippen molar-refractivity contribution in [3.05, 3.63) is 10.6 Å². The summed E-state index contributed by atoms with van der Waals surface area (Å²) in [5.74, 6) is 0.582. The van der Waals surface area contributed by atoms with Crippen molar-refractivity contribution in [2.24, 2.45) is 0 Å². The Labute approximate surface area is 100 Å². The SMILES string of the molecule is CCCCOCCCn1c(CO)n[nH]c1=S. The molecule has 0 bridgehead atoms. The summed E-state index contributed by atoms with van der Waals surface area (Å²) in [4.78, 5) is 0. The normalized spacial score (nSPS) is 10.9. The third-order valence-electron chi connectivity index (χ3n) is 2.29. The van der Waals surface area contributed by atoms with Crippen molar-refractivity contribution in [1.29, 1.82) is 0 Å². The fourth-order valence-electron chi connectivity index (χ4n) is 1.37. The second-order valence-corrected chi connectivity index (χ2v) is 3.96. The van der Waals surface area contributed by atoms with Gasteiger partial charge < -0.3 is 14.4 Å². The zero-order chi connectivity index (χ0) is 11.8. The maximum absolute atomic E-state index is 9.02. The van der Waals surface area contributed by atoms with Crippen LogP contribution in [0.3, 0.4) is 0 Å². The van der Waals surface area contributed by atoms with Crippen LogP contribution in [0.2, 0.25) is 0 Å². The molecule has 1 heterocycles. The lowest BCUT2D eigenvalue weighted by Gasteiger charge is -2.05. The van der Waals surface area contributed by atoms with Gasteiger partial charge >= 0.3 is 0 Å². The lowest BCUT2D eigenvalue weighted by molar-refractivity contribution is 0.125. The molecule has 92 valence electrons. The van der Waals surface area contributed by atoms with Crippen molar-refractivity contribution in [1.82, 2.24) is 14.8 Å². The first-order chi connectivity index (χ1) is 7.79. The van der Waals surface area contributed by atoms with Gasteiger partial charge in [0.1, 0.15) is 6.61 Å². The third-order valence-corrected chi connectivity index (χ3v) is 2.60. The standard InChI is InChI=1S/C10H19N3O2S/c1-2-3-6-15-7-4-5-13-9(8-14)11-12-10(13)16/h14H,2-8H2,1H3,(H,12,16). The monoisotopic (exact) mass is 245 g/mol. The number of hydrogen-bond acceptors (Lipinski definition) is 4. The molecular weight excluding hydrogens is 226 g/mol. The summed E-state index contributed by atoms with van der Waals surface area (Å²) in [6.45, 7) is 4.32. The van der Waals surface area contributed by atoms with Crippen molar-refractivity contribution >= 4 is 12.2 Å². The van der Waals surface area contributed by atoms with E-state index in [1.165, 1.54) is 0 Å². The van der Waals surface area contributed by atoms with Crippen molar-refractivity contribution < 1.29 is 9.84 Å². The summed E-state index contributed by atoms with van der Waals surface area (Å²) in [6, 6.07) is 0. The molecule has 0 aromatic carbocycles. The summed E-state index contributed by atoms with van der Waals surface area (Å²) in [6.07, 6.45) is 3.14. The van der Waals surface area contributed by atoms with Gasteiger partial charge in [0, 0.05) is 19.8 Å². The van der Waals surface area contributed by atoms with E-state index < -0.39 is 0 Å². The molecule has 0 aliphatic rings. The molecule has 0 radical (unpaired) electrons. The number of rotatable bonds is 8. The van der Waals surface area contributed by atoms with Gasteiger partial charge in [0.25, 0.3) is 0 Å². The van der Waals surface area contributed by atoms with E-state index in [2.05, 4.69) is 17.1 Å². The van der Waals surface area contributed by atoms with Crippen LogP contribution in [0.1, 0.15) is 32.0 Å². The highest BCUT2D eigenvalue weighted by Gasteiger charge is 2.03. The van der Waals surface area contributed by atoms with Crippen molar-refractivity contribution in [3.8, 4) is 0 Å². The molecule has 0 aliphatic carbocycles. The highest BCUT2D eigenvalue weighted by Crippen LogP contribution is 2.00. The van der Waals surface area contributed by atoms with Crippen LogP contribution < -0.4 is 0 Å². The van der Waals surface area contributed by atoms with Gasteiger partial charge in [0.15, 0.2) is 10.6 Å². The zero-order valence-electron chi connectivity index (χ0n) is 9.61. The number of aromatic nitrogens is 3. The lowest BCUT2D eigenvalue weighted by Crippen LogP contribution is -2.07. The molecule has 0 spiro atoms. The number of H-pyrrole nitrogens is 1. The Hall–Kier alpha value is -0.720. The van der Waals surface area contributed by atoms with Crippen LogP contribution in [0.25, 0.3) is 0 Å². The number of ether oxygens (including phenoxy) is 1. The van der Waals surface area contributed by atoms with Gasteiger partial charge in [-0.15, -0.1) is 0 Å². The van der Waals surface area contributed by atoms with Crippen LogP contribution in [-0.4, -0.2) is 33.1 Å². The van der Waals surface area contributed by atoms with Crippen molar-refractivity contribution in [2.75, 3.05) is 13.2 Å². The minimum Gasteiger partial charge on any atom is -0.388 e. The van der Waals surface area contributed by atoms with Crippen molar-refractivity contribution in [2.45, 2.75) is 39.3 Å². The Morgan fingerprint density at radius 3 is 2.88 bits per heavy atom. The topological polar surface area (TPSA) is 63.1 Å². The zero-order valence-corrected chi connectivity index (χ0v) is 10.4. The molecule has 0 amide bonds. The highest BCUT2D eigenvalue weighted by molar-refractivity contribution is 7.71. The average Bonchev–Trinajstić information content (AvgIpc) is 2.65. The van der Waals surface area contributed by atoms with E-state index in [9.17, 15) is 0 Å². The minimum atomic E-state index is -0.0934. The fourth-order valence-corrected chi connectivity index (χ4v) is 1.62. The number of hydrogen-bond donors (Lipinski definition) is 2. The third kappa shape index (κ3) is 4.03. The molecule has 0 saturated heterocycles. The van der Waals surface area contributed by atoms with E-state index in [0.29, 0.717) is 10.6 Å². The van der Waals surface area contributed by atoms with Crippen LogP contribution in [0, 0.1) is 4.77 Å². The van der Waals surface area contributed by atoms with Gasteiger partial charge in [-0.2, -0.15) is 5.10 Å². The Morgan fingerprint density at radius 2 is 2.19 bits per heavy atom. The van der Waals surface area contributed by atoms with Gasteiger partial charge in [-0.3, -0.25) is 5.10 Å². The maximum atomic E-state index is 9.02. The molecule has 1 aromatic rings. The van der Waals surface area contributed by atoms with E-state index in [1.807, 2.05) is 0 Å².